The second-order valence-corrected chi connectivity index (χ2v) is 4.76. The van der Waals surface area contributed by atoms with Crippen LogP contribution < -0.4 is 10.6 Å². The summed E-state index contributed by atoms with van der Waals surface area (Å²) < 4.78 is 0. The van der Waals surface area contributed by atoms with Gasteiger partial charge in [0.15, 0.2) is 0 Å². The minimum absolute atomic E-state index is 0.0308. The molecule has 4 heteroatoms. The maximum atomic E-state index is 11.7. The Morgan fingerprint density at radius 3 is 2.72 bits per heavy atom. The van der Waals surface area contributed by atoms with E-state index >= 15 is 0 Å². The van der Waals surface area contributed by atoms with E-state index in [1.54, 1.807) is 6.20 Å². The number of pyridine rings is 1. The second kappa shape index (κ2) is 7.82. The minimum atomic E-state index is -0.0308. The molecule has 0 aliphatic carbocycles. The fourth-order valence-electron chi connectivity index (χ4n) is 1.66. The first-order chi connectivity index (χ1) is 8.59. The molecular weight excluding hydrogens is 226 g/mol. The van der Waals surface area contributed by atoms with Crippen LogP contribution in [-0.4, -0.2) is 23.5 Å². The zero-order valence-corrected chi connectivity index (χ0v) is 11.4. The van der Waals surface area contributed by atoms with Crippen molar-refractivity contribution in [2.45, 2.75) is 45.7 Å². The van der Waals surface area contributed by atoms with E-state index in [1.165, 1.54) is 0 Å². The van der Waals surface area contributed by atoms with Crippen LogP contribution in [0, 0.1) is 0 Å². The van der Waals surface area contributed by atoms with Crippen LogP contribution in [0.4, 0.5) is 0 Å². The van der Waals surface area contributed by atoms with Gasteiger partial charge in [-0.15, -0.1) is 0 Å². The predicted molar refractivity (Wildman–Crippen MR) is 73.2 cm³/mol. The van der Waals surface area contributed by atoms with E-state index in [1.807, 2.05) is 25.1 Å². The second-order valence-electron chi connectivity index (χ2n) is 4.76. The molecule has 0 aliphatic heterocycles. The number of hydrogen-bond acceptors (Lipinski definition) is 3. The molecule has 0 saturated heterocycles. The Balaban J connectivity index is 2.24. The lowest BCUT2D eigenvalue weighted by molar-refractivity contribution is -0.121. The maximum Gasteiger partial charge on any atom is 0.220 e. The Labute approximate surface area is 109 Å². The van der Waals surface area contributed by atoms with E-state index in [4.69, 9.17) is 0 Å². The van der Waals surface area contributed by atoms with Crippen LogP contribution in [0.2, 0.25) is 0 Å². The average Bonchev–Trinajstić information content (AvgIpc) is 2.35. The molecule has 0 radical (unpaired) electrons. The Bertz CT molecular complexity index is 351. The molecule has 1 aromatic rings. The van der Waals surface area contributed by atoms with Crippen molar-refractivity contribution in [3.63, 3.8) is 0 Å². The van der Waals surface area contributed by atoms with Crippen LogP contribution in [0.15, 0.2) is 24.4 Å². The van der Waals surface area contributed by atoms with Crippen LogP contribution in [0.25, 0.3) is 0 Å². The molecule has 100 valence electrons. The van der Waals surface area contributed by atoms with Gasteiger partial charge in [-0.1, -0.05) is 19.9 Å². The number of nitrogens with zero attached hydrogens (tertiary/aromatic N) is 1. The molecule has 0 fully saturated rings. The van der Waals surface area contributed by atoms with Gasteiger partial charge in [0.25, 0.3) is 0 Å². The molecule has 0 spiro atoms. The number of carbonyl (C=O) groups is 1. The number of rotatable bonds is 7. The van der Waals surface area contributed by atoms with E-state index in [0.717, 1.165) is 18.7 Å². The largest absolute Gasteiger partial charge is 0.348 e. The molecule has 0 bridgehead atoms. The number of carbonyl (C=O) groups excluding carboxylic acids is 1. The van der Waals surface area contributed by atoms with E-state index < -0.39 is 0 Å². The summed E-state index contributed by atoms with van der Waals surface area (Å²) in [5.74, 6) is 0.0821. The van der Waals surface area contributed by atoms with Crippen LogP contribution in [-0.2, 0) is 4.79 Å². The zero-order valence-electron chi connectivity index (χ0n) is 11.4. The molecule has 1 amide bonds. The smallest absolute Gasteiger partial charge is 0.220 e. The quantitative estimate of drug-likeness (QED) is 0.727. The first-order valence-corrected chi connectivity index (χ1v) is 6.53. The van der Waals surface area contributed by atoms with Crippen molar-refractivity contribution in [3.8, 4) is 0 Å². The third-order valence-electron chi connectivity index (χ3n) is 2.64. The van der Waals surface area contributed by atoms with Crippen molar-refractivity contribution < 1.29 is 4.79 Å². The Hall–Kier alpha value is -1.42. The summed E-state index contributed by atoms with van der Waals surface area (Å²) in [5, 5.41) is 6.25. The maximum absolute atomic E-state index is 11.7. The molecule has 0 aliphatic rings. The van der Waals surface area contributed by atoms with Crippen molar-refractivity contribution >= 4 is 5.91 Å². The summed E-state index contributed by atoms with van der Waals surface area (Å²) in [6.45, 7) is 7.03. The van der Waals surface area contributed by atoms with E-state index in [-0.39, 0.29) is 11.9 Å². The molecule has 1 atom stereocenters. The number of nitrogens with one attached hydrogen (secondary N) is 2. The van der Waals surface area contributed by atoms with Crippen molar-refractivity contribution in [3.05, 3.63) is 30.1 Å². The summed E-state index contributed by atoms with van der Waals surface area (Å²) in [4.78, 5) is 15.9. The molecule has 1 aromatic heterocycles. The highest BCUT2D eigenvalue weighted by molar-refractivity contribution is 5.76. The summed E-state index contributed by atoms with van der Waals surface area (Å²) in [6.07, 6.45) is 3.15. The number of hydrogen-bond donors (Lipinski definition) is 2. The van der Waals surface area contributed by atoms with Crippen molar-refractivity contribution in [1.29, 1.82) is 0 Å². The SMILES string of the molecule is CC(C)NCCCC(=O)NC(C)c1ccccn1. The molecule has 4 nitrogen and oxygen atoms in total. The van der Waals surface area contributed by atoms with Crippen molar-refractivity contribution in [2.24, 2.45) is 0 Å². The highest BCUT2D eigenvalue weighted by Gasteiger charge is 2.09. The lowest BCUT2D eigenvalue weighted by atomic mass is 10.2. The first kappa shape index (κ1) is 14.6. The third-order valence-corrected chi connectivity index (χ3v) is 2.64. The lowest BCUT2D eigenvalue weighted by Gasteiger charge is -2.13. The van der Waals surface area contributed by atoms with Crippen LogP contribution in [0.1, 0.15) is 45.3 Å². The van der Waals surface area contributed by atoms with Crippen molar-refractivity contribution in [2.75, 3.05) is 6.54 Å². The summed E-state index contributed by atoms with van der Waals surface area (Å²) in [5.41, 5.74) is 0.895. The molecule has 1 heterocycles. The lowest BCUT2D eigenvalue weighted by Crippen LogP contribution is -2.29. The molecule has 2 N–H and O–H groups in total. The van der Waals surface area contributed by atoms with Gasteiger partial charge in [0.1, 0.15) is 0 Å². The van der Waals surface area contributed by atoms with E-state index in [0.29, 0.717) is 12.5 Å². The monoisotopic (exact) mass is 249 g/mol. The topological polar surface area (TPSA) is 54.0 Å². The van der Waals surface area contributed by atoms with E-state index in [2.05, 4.69) is 29.5 Å². The molecule has 0 aromatic carbocycles. The van der Waals surface area contributed by atoms with Gasteiger partial charge in [0, 0.05) is 18.7 Å². The summed E-state index contributed by atoms with van der Waals surface area (Å²) in [6, 6.07) is 6.16. The Morgan fingerprint density at radius 2 is 2.11 bits per heavy atom. The summed E-state index contributed by atoms with van der Waals surface area (Å²) in [7, 11) is 0. The Morgan fingerprint density at radius 1 is 1.33 bits per heavy atom. The zero-order chi connectivity index (χ0) is 13.4. The standard InChI is InChI=1S/C14H23N3O/c1-11(2)15-10-6-8-14(18)17-12(3)13-7-4-5-9-16-13/h4-5,7,9,11-12,15H,6,8,10H2,1-3H3,(H,17,18). The van der Waals surface area contributed by atoms with Crippen LogP contribution >= 0.6 is 0 Å². The summed E-state index contributed by atoms with van der Waals surface area (Å²) >= 11 is 0. The van der Waals surface area contributed by atoms with Crippen LogP contribution in [0.3, 0.4) is 0 Å². The highest BCUT2D eigenvalue weighted by atomic mass is 16.1. The van der Waals surface area contributed by atoms with Gasteiger partial charge < -0.3 is 10.6 Å². The van der Waals surface area contributed by atoms with Gasteiger partial charge in [0.05, 0.1) is 11.7 Å². The van der Waals surface area contributed by atoms with Crippen molar-refractivity contribution in [1.82, 2.24) is 15.6 Å². The molecule has 1 unspecified atom stereocenters. The highest BCUT2D eigenvalue weighted by Crippen LogP contribution is 2.08. The van der Waals surface area contributed by atoms with Crippen LogP contribution in [0.5, 0.6) is 0 Å². The first-order valence-electron chi connectivity index (χ1n) is 6.53. The van der Waals surface area contributed by atoms with Gasteiger partial charge in [-0.25, -0.2) is 0 Å². The minimum Gasteiger partial charge on any atom is -0.348 e. The fourth-order valence-corrected chi connectivity index (χ4v) is 1.66. The molecule has 0 saturated carbocycles. The van der Waals surface area contributed by atoms with Gasteiger partial charge in [-0.2, -0.15) is 0 Å². The number of amides is 1. The fraction of sp³-hybridized carbons (Fsp3) is 0.571. The predicted octanol–water partition coefficient (Wildman–Crippen LogP) is 2.04. The van der Waals surface area contributed by atoms with Gasteiger partial charge in [0.2, 0.25) is 5.91 Å². The van der Waals surface area contributed by atoms with Gasteiger partial charge >= 0.3 is 0 Å². The number of aromatic nitrogens is 1. The van der Waals surface area contributed by atoms with Gasteiger partial charge in [-0.3, -0.25) is 9.78 Å². The molecule has 1 rings (SSSR count). The van der Waals surface area contributed by atoms with Gasteiger partial charge in [-0.05, 0) is 32.0 Å². The molecule has 18 heavy (non-hydrogen) atoms. The van der Waals surface area contributed by atoms with E-state index in [9.17, 15) is 4.79 Å². The normalized spacial score (nSPS) is 12.4. The third kappa shape index (κ3) is 5.77. The Kier molecular flexibility index (Phi) is 6.36. The molecular formula is C14H23N3O. The average molecular weight is 249 g/mol.